The molecule has 0 spiro atoms. The lowest BCUT2D eigenvalue weighted by Gasteiger charge is -2.10. The number of nitrogens with one attached hydrogen (secondary N) is 1. The Hall–Kier alpha value is -1.51. The second-order valence-corrected chi connectivity index (χ2v) is 4.39. The van der Waals surface area contributed by atoms with E-state index in [9.17, 15) is 8.78 Å². The molecule has 1 aromatic rings. The number of nitriles is 1. The van der Waals surface area contributed by atoms with Crippen LogP contribution in [0.3, 0.4) is 0 Å². The molecule has 1 aromatic carbocycles. The van der Waals surface area contributed by atoms with Gasteiger partial charge in [-0.2, -0.15) is 5.26 Å². The lowest BCUT2D eigenvalue weighted by atomic mass is 10.1. The van der Waals surface area contributed by atoms with Gasteiger partial charge in [-0.05, 0) is 24.5 Å². The zero-order valence-corrected chi connectivity index (χ0v) is 9.88. The van der Waals surface area contributed by atoms with Crippen LogP contribution in [0, 0.1) is 28.9 Å². The fraction of sp³-hybridized carbons (Fsp3) is 0.462. The van der Waals surface area contributed by atoms with Crippen molar-refractivity contribution in [3.05, 3.63) is 34.9 Å². The van der Waals surface area contributed by atoms with E-state index in [1.54, 1.807) is 6.07 Å². The fourth-order valence-corrected chi connectivity index (χ4v) is 1.98. The quantitative estimate of drug-likeness (QED) is 0.891. The number of rotatable bonds is 4. The van der Waals surface area contributed by atoms with Gasteiger partial charge in [-0.15, -0.1) is 0 Å². The van der Waals surface area contributed by atoms with Crippen molar-refractivity contribution in [1.82, 2.24) is 5.32 Å². The molecule has 1 heterocycles. The Morgan fingerprint density at radius 2 is 2.11 bits per heavy atom. The maximum Gasteiger partial charge on any atom is 0.131 e. The van der Waals surface area contributed by atoms with Crippen LogP contribution in [0.4, 0.5) is 8.78 Å². The van der Waals surface area contributed by atoms with Gasteiger partial charge in [-0.25, -0.2) is 8.78 Å². The van der Waals surface area contributed by atoms with Gasteiger partial charge in [0.15, 0.2) is 0 Å². The molecule has 96 valence electrons. The van der Waals surface area contributed by atoms with E-state index in [0.717, 1.165) is 25.2 Å². The van der Waals surface area contributed by atoms with Crippen molar-refractivity contribution in [2.24, 2.45) is 5.92 Å². The van der Waals surface area contributed by atoms with Crippen LogP contribution < -0.4 is 5.32 Å². The molecule has 1 aliphatic heterocycles. The molecule has 0 amide bonds. The average molecular weight is 252 g/mol. The number of halogens is 2. The summed E-state index contributed by atoms with van der Waals surface area (Å²) < 4.78 is 32.3. The molecule has 1 unspecified atom stereocenters. The largest absolute Gasteiger partial charge is 0.381 e. The Balaban J connectivity index is 1.94. The SMILES string of the molecule is N#Cc1cc(F)c(CNCC2CCOC2)c(F)c1. The number of ether oxygens (including phenoxy) is 1. The summed E-state index contributed by atoms with van der Waals surface area (Å²) >= 11 is 0. The number of nitrogens with zero attached hydrogens (tertiary/aromatic N) is 1. The molecular weight excluding hydrogens is 238 g/mol. The van der Waals surface area contributed by atoms with E-state index >= 15 is 0 Å². The van der Waals surface area contributed by atoms with Gasteiger partial charge in [-0.3, -0.25) is 0 Å². The minimum Gasteiger partial charge on any atom is -0.381 e. The van der Waals surface area contributed by atoms with Crippen LogP contribution in [0.2, 0.25) is 0 Å². The zero-order valence-electron chi connectivity index (χ0n) is 9.88. The minimum absolute atomic E-state index is 0.00190. The van der Waals surface area contributed by atoms with Crippen molar-refractivity contribution in [3.63, 3.8) is 0 Å². The summed E-state index contributed by atoms with van der Waals surface area (Å²) in [6.07, 6.45) is 0.978. The molecule has 5 heteroatoms. The normalized spacial score (nSPS) is 18.8. The Labute approximate surface area is 104 Å². The molecule has 1 atom stereocenters. The van der Waals surface area contributed by atoms with E-state index in [0.29, 0.717) is 19.1 Å². The molecule has 2 rings (SSSR count). The molecule has 3 nitrogen and oxygen atoms in total. The number of benzene rings is 1. The van der Waals surface area contributed by atoms with Crippen molar-refractivity contribution in [2.45, 2.75) is 13.0 Å². The van der Waals surface area contributed by atoms with E-state index < -0.39 is 11.6 Å². The maximum atomic E-state index is 13.5. The maximum absolute atomic E-state index is 13.5. The third kappa shape index (κ3) is 3.03. The van der Waals surface area contributed by atoms with Crippen molar-refractivity contribution in [1.29, 1.82) is 5.26 Å². The first kappa shape index (κ1) is 12.9. The lowest BCUT2D eigenvalue weighted by molar-refractivity contribution is 0.185. The third-order valence-corrected chi connectivity index (χ3v) is 3.03. The van der Waals surface area contributed by atoms with Crippen LogP contribution in [-0.2, 0) is 11.3 Å². The van der Waals surface area contributed by atoms with Crippen LogP contribution >= 0.6 is 0 Å². The van der Waals surface area contributed by atoms with Crippen LogP contribution in [0.1, 0.15) is 17.5 Å². The summed E-state index contributed by atoms with van der Waals surface area (Å²) in [7, 11) is 0. The van der Waals surface area contributed by atoms with Crippen molar-refractivity contribution < 1.29 is 13.5 Å². The molecule has 1 fully saturated rings. The highest BCUT2D eigenvalue weighted by molar-refractivity contribution is 5.34. The molecule has 18 heavy (non-hydrogen) atoms. The summed E-state index contributed by atoms with van der Waals surface area (Å²) in [5.74, 6) is -0.946. The smallest absolute Gasteiger partial charge is 0.131 e. The third-order valence-electron chi connectivity index (χ3n) is 3.03. The molecule has 0 saturated carbocycles. The fourth-order valence-electron chi connectivity index (χ4n) is 1.98. The summed E-state index contributed by atoms with van der Waals surface area (Å²) in [5.41, 5.74) is -0.0224. The van der Waals surface area contributed by atoms with Crippen LogP contribution in [0.25, 0.3) is 0 Å². The molecular formula is C13H14F2N2O. The van der Waals surface area contributed by atoms with Gasteiger partial charge < -0.3 is 10.1 Å². The summed E-state index contributed by atoms with van der Waals surface area (Å²) in [6, 6.07) is 3.83. The predicted molar refractivity (Wildman–Crippen MR) is 61.7 cm³/mol. The van der Waals surface area contributed by atoms with E-state index in [-0.39, 0.29) is 17.7 Å². The van der Waals surface area contributed by atoms with Gasteiger partial charge in [0.05, 0.1) is 18.2 Å². The summed E-state index contributed by atoms with van der Waals surface area (Å²) in [6.45, 7) is 2.26. The summed E-state index contributed by atoms with van der Waals surface area (Å²) in [5, 5.41) is 11.6. The highest BCUT2D eigenvalue weighted by atomic mass is 19.1. The average Bonchev–Trinajstić information content (AvgIpc) is 2.85. The van der Waals surface area contributed by atoms with E-state index in [1.165, 1.54) is 0 Å². The molecule has 1 aliphatic rings. The Morgan fingerprint density at radius 1 is 1.39 bits per heavy atom. The Kier molecular flexibility index (Phi) is 4.24. The lowest BCUT2D eigenvalue weighted by Crippen LogP contribution is -2.23. The molecule has 0 aliphatic carbocycles. The molecule has 0 aromatic heterocycles. The molecule has 0 bridgehead atoms. The minimum atomic E-state index is -0.679. The van der Waals surface area contributed by atoms with Gasteiger partial charge in [0.2, 0.25) is 0 Å². The monoisotopic (exact) mass is 252 g/mol. The first-order valence-corrected chi connectivity index (χ1v) is 5.87. The topological polar surface area (TPSA) is 45.0 Å². The van der Waals surface area contributed by atoms with Crippen LogP contribution in [-0.4, -0.2) is 19.8 Å². The van der Waals surface area contributed by atoms with Gasteiger partial charge in [0.1, 0.15) is 11.6 Å². The van der Waals surface area contributed by atoms with E-state index in [1.807, 2.05) is 0 Å². The zero-order chi connectivity index (χ0) is 13.0. The van der Waals surface area contributed by atoms with Crippen molar-refractivity contribution in [3.8, 4) is 6.07 Å². The van der Waals surface area contributed by atoms with Crippen LogP contribution in [0.5, 0.6) is 0 Å². The second-order valence-electron chi connectivity index (χ2n) is 4.39. The van der Waals surface area contributed by atoms with Gasteiger partial charge in [0, 0.05) is 25.3 Å². The van der Waals surface area contributed by atoms with Crippen molar-refractivity contribution in [2.75, 3.05) is 19.8 Å². The molecule has 1 N–H and O–H groups in total. The Bertz CT molecular complexity index is 442. The first-order chi connectivity index (χ1) is 8.70. The molecule has 0 radical (unpaired) electrons. The van der Waals surface area contributed by atoms with E-state index in [2.05, 4.69) is 5.32 Å². The Morgan fingerprint density at radius 3 is 2.67 bits per heavy atom. The predicted octanol–water partition coefficient (Wildman–Crippen LogP) is 1.96. The highest BCUT2D eigenvalue weighted by Crippen LogP contribution is 2.16. The number of hydrogen-bond acceptors (Lipinski definition) is 3. The standard InChI is InChI=1S/C13H14F2N2O/c14-12-3-10(5-16)4-13(15)11(12)7-17-6-9-1-2-18-8-9/h3-4,9,17H,1-2,6-8H2. The van der Waals surface area contributed by atoms with Gasteiger partial charge in [0.25, 0.3) is 0 Å². The van der Waals surface area contributed by atoms with E-state index in [4.69, 9.17) is 10.00 Å². The summed E-state index contributed by atoms with van der Waals surface area (Å²) in [4.78, 5) is 0. The van der Waals surface area contributed by atoms with Gasteiger partial charge in [-0.1, -0.05) is 0 Å². The molecule has 1 saturated heterocycles. The van der Waals surface area contributed by atoms with Gasteiger partial charge >= 0.3 is 0 Å². The van der Waals surface area contributed by atoms with Crippen LogP contribution in [0.15, 0.2) is 12.1 Å². The number of hydrogen-bond donors (Lipinski definition) is 1. The first-order valence-electron chi connectivity index (χ1n) is 5.87. The highest BCUT2D eigenvalue weighted by Gasteiger charge is 2.16. The second kappa shape index (κ2) is 5.89. The van der Waals surface area contributed by atoms with Crippen molar-refractivity contribution >= 4 is 0 Å².